The van der Waals surface area contributed by atoms with Crippen LogP contribution >= 0.6 is 12.4 Å². The molecule has 1 aromatic carbocycles. The number of amides is 2. The van der Waals surface area contributed by atoms with Crippen molar-refractivity contribution in [1.29, 1.82) is 0 Å². The molecule has 2 rings (SSSR count). The first-order valence-corrected chi connectivity index (χ1v) is 7.60. The normalized spacial score (nSPS) is 16.3. The maximum atomic E-state index is 12.3. The number of methoxy groups -OCH3 is 1. The molecule has 0 bridgehead atoms. The molecule has 1 atom stereocenters. The third-order valence-electron chi connectivity index (χ3n) is 3.74. The summed E-state index contributed by atoms with van der Waals surface area (Å²) >= 11 is 0. The van der Waals surface area contributed by atoms with Crippen molar-refractivity contribution in [2.24, 2.45) is 0 Å². The van der Waals surface area contributed by atoms with Gasteiger partial charge in [0.25, 0.3) is 0 Å². The van der Waals surface area contributed by atoms with E-state index in [1.54, 1.807) is 30.2 Å². The molecule has 2 amide bonds. The summed E-state index contributed by atoms with van der Waals surface area (Å²) in [7, 11) is 1.58. The zero-order valence-corrected chi connectivity index (χ0v) is 14.3. The Morgan fingerprint density at radius 1 is 1.43 bits per heavy atom. The minimum Gasteiger partial charge on any atom is -0.497 e. The van der Waals surface area contributed by atoms with Crippen molar-refractivity contribution < 1.29 is 14.3 Å². The molecule has 1 saturated heterocycles. The molecule has 23 heavy (non-hydrogen) atoms. The van der Waals surface area contributed by atoms with E-state index in [-0.39, 0.29) is 36.8 Å². The predicted molar refractivity (Wildman–Crippen MR) is 92.2 cm³/mol. The summed E-state index contributed by atoms with van der Waals surface area (Å²) in [5.41, 5.74) is 0.659. The number of hydrogen-bond donors (Lipinski definition) is 2. The number of halogens is 1. The lowest BCUT2D eigenvalue weighted by molar-refractivity contribution is -0.136. The van der Waals surface area contributed by atoms with E-state index in [1.807, 2.05) is 13.0 Å². The van der Waals surface area contributed by atoms with Crippen LogP contribution in [0.1, 0.15) is 19.8 Å². The lowest BCUT2D eigenvalue weighted by atomic mass is 10.2. The zero-order valence-electron chi connectivity index (χ0n) is 13.5. The summed E-state index contributed by atoms with van der Waals surface area (Å²) in [4.78, 5) is 26.0. The standard InChI is InChI=1S/C16H23N3O3.ClH/c1-3-19(16(21)14-8-5-9-17-14)11-15(20)18-12-6-4-7-13(10-12)22-2;/h4,6-7,10,14,17H,3,5,8-9,11H2,1-2H3,(H,18,20);1H. The molecule has 0 aromatic heterocycles. The number of nitrogens with zero attached hydrogens (tertiary/aromatic N) is 1. The van der Waals surface area contributed by atoms with E-state index in [1.165, 1.54) is 0 Å². The van der Waals surface area contributed by atoms with Crippen molar-refractivity contribution in [3.63, 3.8) is 0 Å². The second-order valence-electron chi connectivity index (χ2n) is 5.28. The Kier molecular flexibility index (Phi) is 7.85. The SMILES string of the molecule is CCN(CC(=O)Nc1cccc(OC)c1)C(=O)C1CCCN1.Cl. The fraction of sp³-hybridized carbons (Fsp3) is 0.500. The maximum Gasteiger partial charge on any atom is 0.243 e. The molecule has 128 valence electrons. The smallest absolute Gasteiger partial charge is 0.243 e. The van der Waals surface area contributed by atoms with Gasteiger partial charge in [-0.3, -0.25) is 9.59 Å². The Hall–Kier alpha value is -1.79. The van der Waals surface area contributed by atoms with Crippen molar-refractivity contribution in [2.45, 2.75) is 25.8 Å². The first-order valence-electron chi connectivity index (χ1n) is 7.60. The summed E-state index contributed by atoms with van der Waals surface area (Å²) in [6, 6.07) is 7.00. The van der Waals surface area contributed by atoms with Crippen LogP contribution in [0.3, 0.4) is 0 Å². The fourth-order valence-corrected chi connectivity index (χ4v) is 2.54. The summed E-state index contributed by atoms with van der Waals surface area (Å²) in [5, 5.41) is 5.96. The van der Waals surface area contributed by atoms with E-state index in [4.69, 9.17) is 4.74 Å². The van der Waals surface area contributed by atoms with Crippen LogP contribution in [-0.2, 0) is 9.59 Å². The summed E-state index contributed by atoms with van der Waals surface area (Å²) in [5.74, 6) is 0.471. The number of anilines is 1. The van der Waals surface area contributed by atoms with Crippen LogP contribution in [0.5, 0.6) is 5.75 Å². The highest BCUT2D eigenvalue weighted by molar-refractivity contribution is 5.95. The Morgan fingerprint density at radius 2 is 2.22 bits per heavy atom. The molecule has 2 N–H and O–H groups in total. The second-order valence-corrected chi connectivity index (χ2v) is 5.28. The number of ether oxygens (including phenoxy) is 1. The molecule has 1 heterocycles. The highest BCUT2D eigenvalue weighted by Crippen LogP contribution is 2.16. The van der Waals surface area contributed by atoms with E-state index >= 15 is 0 Å². The van der Waals surface area contributed by atoms with Gasteiger partial charge in [0.15, 0.2) is 0 Å². The van der Waals surface area contributed by atoms with Gasteiger partial charge in [-0.05, 0) is 38.4 Å². The van der Waals surface area contributed by atoms with Gasteiger partial charge in [0.2, 0.25) is 11.8 Å². The molecule has 7 heteroatoms. The summed E-state index contributed by atoms with van der Waals surface area (Å²) in [6.45, 7) is 3.32. The van der Waals surface area contributed by atoms with Crippen LogP contribution in [0.25, 0.3) is 0 Å². The summed E-state index contributed by atoms with van der Waals surface area (Å²) in [6.07, 6.45) is 1.84. The van der Waals surface area contributed by atoms with E-state index in [9.17, 15) is 9.59 Å². The number of likely N-dealkylation sites (N-methyl/N-ethyl adjacent to an activating group) is 1. The van der Waals surface area contributed by atoms with Gasteiger partial charge in [0.05, 0.1) is 19.7 Å². The first kappa shape index (κ1) is 19.3. The number of benzene rings is 1. The third kappa shape index (κ3) is 5.41. The van der Waals surface area contributed by atoms with Crippen LogP contribution in [0.4, 0.5) is 5.69 Å². The van der Waals surface area contributed by atoms with E-state index in [0.717, 1.165) is 19.4 Å². The zero-order chi connectivity index (χ0) is 15.9. The van der Waals surface area contributed by atoms with Crippen molar-refractivity contribution >= 4 is 29.9 Å². The number of rotatable bonds is 6. The second kappa shape index (κ2) is 9.37. The van der Waals surface area contributed by atoms with Crippen LogP contribution in [0.15, 0.2) is 24.3 Å². The average Bonchev–Trinajstić information content (AvgIpc) is 3.06. The van der Waals surface area contributed by atoms with E-state index in [2.05, 4.69) is 10.6 Å². The molecule has 0 aliphatic carbocycles. The van der Waals surface area contributed by atoms with E-state index < -0.39 is 0 Å². The van der Waals surface area contributed by atoms with Crippen molar-refractivity contribution in [1.82, 2.24) is 10.2 Å². The van der Waals surface area contributed by atoms with Gasteiger partial charge in [-0.2, -0.15) is 0 Å². The molecule has 0 saturated carbocycles. The van der Waals surface area contributed by atoms with Crippen LogP contribution in [0, 0.1) is 0 Å². The lowest BCUT2D eigenvalue weighted by Crippen LogP contribution is -2.46. The molecular weight excluding hydrogens is 318 g/mol. The molecule has 0 radical (unpaired) electrons. The monoisotopic (exact) mass is 341 g/mol. The van der Waals surface area contributed by atoms with Gasteiger partial charge in [0, 0.05) is 18.3 Å². The maximum absolute atomic E-state index is 12.3. The minimum atomic E-state index is -0.207. The third-order valence-corrected chi connectivity index (χ3v) is 3.74. The number of carbonyl (C=O) groups excluding carboxylic acids is 2. The molecular formula is C16H24ClN3O3. The van der Waals surface area contributed by atoms with Gasteiger partial charge < -0.3 is 20.3 Å². The quantitative estimate of drug-likeness (QED) is 0.825. The van der Waals surface area contributed by atoms with Crippen LogP contribution < -0.4 is 15.4 Å². The van der Waals surface area contributed by atoms with E-state index in [0.29, 0.717) is 18.0 Å². The summed E-state index contributed by atoms with van der Waals surface area (Å²) < 4.78 is 5.12. The molecule has 1 unspecified atom stereocenters. The highest BCUT2D eigenvalue weighted by atomic mass is 35.5. The minimum absolute atomic E-state index is 0. The predicted octanol–water partition coefficient (Wildman–Crippen LogP) is 1.66. The molecule has 0 spiro atoms. The lowest BCUT2D eigenvalue weighted by Gasteiger charge is -2.23. The molecule has 1 fully saturated rings. The Balaban J connectivity index is 0.00000264. The largest absolute Gasteiger partial charge is 0.497 e. The molecule has 1 aromatic rings. The van der Waals surface area contributed by atoms with Gasteiger partial charge in [0.1, 0.15) is 5.75 Å². The number of hydrogen-bond acceptors (Lipinski definition) is 4. The molecule has 6 nitrogen and oxygen atoms in total. The fourth-order valence-electron chi connectivity index (χ4n) is 2.54. The van der Waals surface area contributed by atoms with Gasteiger partial charge in [-0.15, -0.1) is 12.4 Å². The Labute approximate surface area is 143 Å². The van der Waals surface area contributed by atoms with Crippen molar-refractivity contribution in [2.75, 3.05) is 32.1 Å². The topological polar surface area (TPSA) is 70.7 Å². The Morgan fingerprint density at radius 3 is 2.83 bits per heavy atom. The number of carbonyl (C=O) groups is 2. The first-order chi connectivity index (χ1) is 10.6. The number of nitrogens with one attached hydrogen (secondary N) is 2. The Bertz CT molecular complexity index is 533. The van der Waals surface area contributed by atoms with Crippen LogP contribution in [0.2, 0.25) is 0 Å². The average molecular weight is 342 g/mol. The van der Waals surface area contributed by atoms with Gasteiger partial charge in [-0.25, -0.2) is 0 Å². The van der Waals surface area contributed by atoms with Crippen molar-refractivity contribution in [3.8, 4) is 5.75 Å². The van der Waals surface area contributed by atoms with Crippen LogP contribution in [-0.4, -0.2) is 49.5 Å². The molecule has 1 aliphatic rings. The van der Waals surface area contributed by atoms with Gasteiger partial charge in [-0.1, -0.05) is 6.07 Å². The van der Waals surface area contributed by atoms with Gasteiger partial charge >= 0.3 is 0 Å². The highest BCUT2D eigenvalue weighted by Gasteiger charge is 2.27. The molecule has 1 aliphatic heterocycles. The van der Waals surface area contributed by atoms with Crippen molar-refractivity contribution in [3.05, 3.63) is 24.3 Å².